The Labute approximate surface area is 83.3 Å². The Kier molecular flexibility index (Phi) is 4.24. The summed E-state index contributed by atoms with van der Waals surface area (Å²) in [5.41, 5.74) is 0. The predicted octanol–water partition coefficient (Wildman–Crippen LogP) is 2.91. The molecule has 1 rings (SSSR count). The van der Waals surface area contributed by atoms with Gasteiger partial charge in [-0.1, -0.05) is 27.2 Å². The van der Waals surface area contributed by atoms with Crippen molar-refractivity contribution in [1.29, 1.82) is 0 Å². The summed E-state index contributed by atoms with van der Waals surface area (Å²) in [7, 11) is 2.08. The molecule has 13 heavy (non-hydrogen) atoms. The molecule has 1 N–H and O–H groups in total. The summed E-state index contributed by atoms with van der Waals surface area (Å²) in [5, 5.41) is 3.34. The standard InChI is InChI=1S/C12H25N/c1-9(2)12-7-10(3)5-6-11(12)8-13-4/h9-13H,5-8H2,1-4H3. The molecule has 3 atom stereocenters. The highest BCUT2D eigenvalue weighted by molar-refractivity contribution is 4.81. The van der Waals surface area contributed by atoms with E-state index in [1.165, 1.54) is 25.8 Å². The molecule has 0 aromatic rings. The second-order valence-electron chi connectivity index (χ2n) is 5.14. The van der Waals surface area contributed by atoms with Gasteiger partial charge in [0.25, 0.3) is 0 Å². The minimum atomic E-state index is 0.862. The molecule has 0 spiro atoms. The van der Waals surface area contributed by atoms with Crippen LogP contribution in [0.2, 0.25) is 0 Å². The van der Waals surface area contributed by atoms with Crippen LogP contribution in [0.15, 0.2) is 0 Å². The summed E-state index contributed by atoms with van der Waals surface area (Å²) in [6.07, 6.45) is 4.32. The molecule has 0 saturated heterocycles. The largest absolute Gasteiger partial charge is 0.319 e. The van der Waals surface area contributed by atoms with Gasteiger partial charge >= 0.3 is 0 Å². The Hall–Kier alpha value is -0.0400. The zero-order chi connectivity index (χ0) is 9.84. The number of hydrogen-bond acceptors (Lipinski definition) is 1. The van der Waals surface area contributed by atoms with Crippen LogP contribution in [0.25, 0.3) is 0 Å². The maximum atomic E-state index is 3.34. The minimum Gasteiger partial charge on any atom is -0.319 e. The molecule has 0 amide bonds. The van der Waals surface area contributed by atoms with Crippen LogP contribution in [0.5, 0.6) is 0 Å². The van der Waals surface area contributed by atoms with Gasteiger partial charge in [0, 0.05) is 0 Å². The van der Waals surface area contributed by atoms with Gasteiger partial charge in [-0.3, -0.25) is 0 Å². The molecule has 0 bridgehead atoms. The van der Waals surface area contributed by atoms with Gasteiger partial charge in [0.05, 0.1) is 0 Å². The van der Waals surface area contributed by atoms with Crippen molar-refractivity contribution in [2.75, 3.05) is 13.6 Å². The lowest BCUT2D eigenvalue weighted by molar-refractivity contribution is 0.142. The summed E-state index contributed by atoms with van der Waals surface area (Å²) in [4.78, 5) is 0. The van der Waals surface area contributed by atoms with E-state index in [0.717, 1.165) is 23.7 Å². The van der Waals surface area contributed by atoms with E-state index in [9.17, 15) is 0 Å². The lowest BCUT2D eigenvalue weighted by atomic mass is 9.70. The van der Waals surface area contributed by atoms with Crippen LogP contribution in [-0.2, 0) is 0 Å². The fraction of sp³-hybridized carbons (Fsp3) is 1.00. The lowest BCUT2D eigenvalue weighted by Crippen LogP contribution is -2.33. The molecule has 0 aromatic carbocycles. The first-order valence-corrected chi connectivity index (χ1v) is 5.79. The average molecular weight is 183 g/mol. The first-order valence-electron chi connectivity index (χ1n) is 5.79. The Morgan fingerprint density at radius 2 is 2.00 bits per heavy atom. The topological polar surface area (TPSA) is 12.0 Å². The van der Waals surface area contributed by atoms with Crippen LogP contribution in [0.3, 0.4) is 0 Å². The molecule has 0 aromatic heterocycles. The van der Waals surface area contributed by atoms with Crippen LogP contribution in [0.4, 0.5) is 0 Å². The molecule has 3 unspecified atom stereocenters. The molecule has 1 fully saturated rings. The van der Waals surface area contributed by atoms with Gasteiger partial charge in [-0.05, 0) is 50.1 Å². The van der Waals surface area contributed by atoms with Gasteiger partial charge in [0.15, 0.2) is 0 Å². The Bertz CT molecular complexity index is 142. The van der Waals surface area contributed by atoms with Gasteiger partial charge in [0.1, 0.15) is 0 Å². The van der Waals surface area contributed by atoms with Crippen molar-refractivity contribution in [3.05, 3.63) is 0 Å². The zero-order valence-corrected chi connectivity index (χ0v) is 9.64. The number of nitrogens with one attached hydrogen (secondary N) is 1. The lowest BCUT2D eigenvalue weighted by Gasteiger charge is -2.37. The normalized spacial score (nSPS) is 35.3. The number of rotatable bonds is 3. The van der Waals surface area contributed by atoms with Gasteiger partial charge in [-0.15, -0.1) is 0 Å². The molecule has 0 aliphatic heterocycles. The SMILES string of the molecule is CNCC1CCC(C)CC1C(C)C. The average Bonchev–Trinajstić information content (AvgIpc) is 2.08. The third-order valence-electron chi connectivity index (χ3n) is 3.63. The fourth-order valence-corrected chi connectivity index (χ4v) is 2.82. The molecule has 1 saturated carbocycles. The highest BCUT2D eigenvalue weighted by atomic mass is 14.8. The van der Waals surface area contributed by atoms with E-state index in [0.29, 0.717) is 0 Å². The van der Waals surface area contributed by atoms with Crippen molar-refractivity contribution in [2.45, 2.75) is 40.0 Å². The van der Waals surface area contributed by atoms with Crippen molar-refractivity contribution >= 4 is 0 Å². The van der Waals surface area contributed by atoms with Gasteiger partial charge < -0.3 is 5.32 Å². The van der Waals surface area contributed by atoms with E-state index in [1.54, 1.807) is 0 Å². The molecule has 78 valence electrons. The second kappa shape index (κ2) is 4.99. The van der Waals surface area contributed by atoms with Crippen molar-refractivity contribution in [3.8, 4) is 0 Å². The van der Waals surface area contributed by atoms with Crippen molar-refractivity contribution in [3.63, 3.8) is 0 Å². The van der Waals surface area contributed by atoms with Crippen molar-refractivity contribution in [2.24, 2.45) is 23.7 Å². The van der Waals surface area contributed by atoms with E-state index in [1.807, 2.05) is 0 Å². The van der Waals surface area contributed by atoms with E-state index in [-0.39, 0.29) is 0 Å². The molecular formula is C12H25N. The van der Waals surface area contributed by atoms with Crippen LogP contribution >= 0.6 is 0 Å². The van der Waals surface area contributed by atoms with E-state index < -0.39 is 0 Å². The highest BCUT2D eigenvalue weighted by Crippen LogP contribution is 2.37. The van der Waals surface area contributed by atoms with Crippen LogP contribution in [-0.4, -0.2) is 13.6 Å². The molecule has 1 aliphatic carbocycles. The maximum Gasteiger partial charge on any atom is -0.00208 e. The molecule has 0 radical (unpaired) electrons. The zero-order valence-electron chi connectivity index (χ0n) is 9.64. The van der Waals surface area contributed by atoms with E-state index in [2.05, 4.69) is 33.1 Å². The maximum absolute atomic E-state index is 3.34. The first-order chi connectivity index (χ1) is 6.15. The Balaban J connectivity index is 2.50. The first kappa shape index (κ1) is 11.0. The van der Waals surface area contributed by atoms with Gasteiger partial charge in [-0.2, -0.15) is 0 Å². The fourth-order valence-electron chi connectivity index (χ4n) is 2.82. The third kappa shape index (κ3) is 2.98. The van der Waals surface area contributed by atoms with Crippen molar-refractivity contribution < 1.29 is 0 Å². The summed E-state index contributed by atoms with van der Waals surface area (Å²) in [6, 6.07) is 0. The van der Waals surface area contributed by atoms with Crippen LogP contribution in [0.1, 0.15) is 40.0 Å². The van der Waals surface area contributed by atoms with Crippen molar-refractivity contribution in [1.82, 2.24) is 5.32 Å². The quantitative estimate of drug-likeness (QED) is 0.709. The summed E-state index contributed by atoms with van der Waals surface area (Å²) >= 11 is 0. The van der Waals surface area contributed by atoms with Crippen LogP contribution < -0.4 is 5.32 Å². The molecular weight excluding hydrogens is 158 g/mol. The minimum absolute atomic E-state index is 0.862. The number of hydrogen-bond donors (Lipinski definition) is 1. The Morgan fingerprint density at radius 3 is 2.54 bits per heavy atom. The Morgan fingerprint density at radius 1 is 1.31 bits per heavy atom. The monoisotopic (exact) mass is 183 g/mol. The molecule has 1 nitrogen and oxygen atoms in total. The molecule has 1 aliphatic rings. The molecule has 1 heteroatoms. The highest BCUT2D eigenvalue weighted by Gasteiger charge is 2.29. The molecule has 0 heterocycles. The smallest absolute Gasteiger partial charge is 0.00208 e. The third-order valence-corrected chi connectivity index (χ3v) is 3.63. The summed E-state index contributed by atoms with van der Waals surface area (Å²) < 4.78 is 0. The van der Waals surface area contributed by atoms with Gasteiger partial charge in [-0.25, -0.2) is 0 Å². The second-order valence-corrected chi connectivity index (χ2v) is 5.14. The van der Waals surface area contributed by atoms with Gasteiger partial charge in [0.2, 0.25) is 0 Å². The van der Waals surface area contributed by atoms with E-state index >= 15 is 0 Å². The van der Waals surface area contributed by atoms with Crippen LogP contribution in [0, 0.1) is 23.7 Å². The summed E-state index contributed by atoms with van der Waals surface area (Å²) in [6.45, 7) is 8.39. The predicted molar refractivity (Wildman–Crippen MR) is 58.8 cm³/mol. The van der Waals surface area contributed by atoms with E-state index in [4.69, 9.17) is 0 Å². The summed E-state index contributed by atoms with van der Waals surface area (Å²) in [5.74, 6) is 3.71.